The molecule has 0 saturated heterocycles. The van der Waals surface area contributed by atoms with E-state index in [0.717, 1.165) is 25.2 Å². The van der Waals surface area contributed by atoms with Gasteiger partial charge in [-0.15, -0.1) is 0 Å². The predicted molar refractivity (Wildman–Crippen MR) is 105 cm³/mol. The molecule has 0 radical (unpaired) electrons. The highest BCUT2D eigenvalue weighted by Crippen LogP contribution is 2.13. The van der Waals surface area contributed by atoms with Crippen molar-refractivity contribution in [3.05, 3.63) is 0 Å². The van der Waals surface area contributed by atoms with Crippen LogP contribution in [0.4, 0.5) is 0 Å². The van der Waals surface area contributed by atoms with Crippen LogP contribution in [0.25, 0.3) is 0 Å². The van der Waals surface area contributed by atoms with Crippen LogP contribution in [0.1, 0.15) is 124 Å². The van der Waals surface area contributed by atoms with E-state index in [1.54, 1.807) is 0 Å². The van der Waals surface area contributed by atoms with Gasteiger partial charge in [0.25, 0.3) is 0 Å². The molecule has 0 amide bonds. The molecule has 0 aromatic heterocycles. The molecule has 0 aliphatic heterocycles. The minimum atomic E-state index is 0.00331. The molecule has 0 aliphatic rings. The fourth-order valence-corrected chi connectivity index (χ4v) is 3.02. The molecule has 0 heterocycles. The number of unbranched alkanes of at least 4 members (excludes halogenated alkanes) is 12. The second-order valence-corrected chi connectivity index (χ2v) is 7.75. The molecule has 0 N–H and O–H groups in total. The zero-order valence-corrected chi connectivity index (χ0v) is 16.9. The second kappa shape index (κ2) is 18.8. The van der Waals surface area contributed by atoms with Crippen LogP contribution in [0.5, 0.6) is 0 Å². The Kier molecular flexibility index (Phi) is 18.4. The molecule has 0 rings (SSSR count). The molecular formula is C22H44O2. The van der Waals surface area contributed by atoms with Crippen LogP contribution in [0.15, 0.2) is 0 Å². The van der Waals surface area contributed by atoms with Crippen molar-refractivity contribution < 1.29 is 9.53 Å². The van der Waals surface area contributed by atoms with Crippen LogP contribution < -0.4 is 0 Å². The molecule has 0 spiro atoms. The minimum absolute atomic E-state index is 0.00331. The number of hydrogen-bond acceptors (Lipinski definition) is 2. The van der Waals surface area contributed by atoms with Crippen molar-refractivity contribution in [2.24, 2.45) is 5.92 Å². The van der Waals surface area contributed by atoms with Crippen molar-refractivity contribution in [2.75, 3.05) is 6.61 Å². The molecule has 0 bridgehead atoms. The fraction of sp³-hybridized carbons (Fsp3) is 0.955. The standard InChI is InChI=1S/C22H44O2/c1-4-5-6-16-19-22(23)24-20-17-14-12-10-8-7-9-11-13-15-18-21(2)3/h21H,4-20H2,1-3H3. The van der Waals surface area contributed by atoms with Crippen LogP contribution in [0, 0.1) is 5.92 Å². The third-order valence-electron chi connectivity index (χ3n) is 4.67. The van der Waals surface area contributed by atoms with Gasteiger partial charge in [-0.1, -0.05) is 104 Å². The van der Waals surface area contributed by atoms with Crippen LogP contribution in [0.3, 0.4) is 0 Å². The summed E-state index contributed by atoms with van der Waals surface area (Å²) in [6.07, 6.45) is 19.9. The highest BCUT2D eigenvalue weighted by atomic mass is 16.5. The van der Waals surface area contributed by atoms with E-state index in [1.165, 1.54) is 77.0 Å². The van der Waals surface area contributed by atoms with Crippen LogP contribution in [-0.4, -0.2) is 12.6 Å². The average molecular weight is 341 g/mol. The highest BCUT2D eigenvalue weighted by Gasteiger charge is 2.02. The maximum absolute atomic E-state index is 11.5. The predicted octanol–water partition coefficient (Wildman–Crippen LogP) is 7.45. The van der Waals surface area contributed by atoms with Gasteiger partial charge in [0.2, 0.25) is 0 Å². The molecule has 0 aromatic rings. The summed E-state index contributed by atoms with van der Waals surface area (Å²) in [5, 5.41) is 0. The van der Waals surface area contributed by atoms with Gasteiger partial charge in [-0.25, -0.2) is 0 Å². The van der Waals surface area contributed by atoms with E-state index in [4.69, 9.17) is 4.74 Å². The summed E-state index contributed by atoms with van der Waals surface area (Å²) < 4.78 is 5.28. The van der Waals surface area contributed by atoms with E-state index in [-0.39, 0.29) is 5.97 Å². The molecule has 2 nitrogen and oxygen atoms in total. The molecule has 0 fully saturated rings. The van der Waals surface area contributed by atoms with Gasteiger partial charge in [0.15, 0.2) is 0 Å². The first-order valence-electron chi connectivity index (χ1n) is 10.8. The topological polar surface area (TPSA) is 26.3 Å². The van der Waals surface area contributed by atoms with Crippen molar-refractivity contribution >= 4 is 5.97 Å². The Morgan fingerprint density at radius 3 is 1.75 bits per heavy atom. The van der Waals surface area contributed by atoms with Crippen molar-refractivity contribution in [1.82, 2.24) is 0 Å². The Hall–Kier alpha value is -0.530. The normalized spacial score (nSPS) is 11.2. The van der Waals surface area contributed by atoms with Gasteiger partial charge in [0.1, 0.15) is 0 Å². The van der Waals surface area contributed by atoms with E-state index < -0.39 is 0 Å². The van der Waals surface area contributed by atoms with E-state index in [2.05, 4.69) is 20.8 Å². The molecule has 0 aromatic carbocycles. The SMILES string of the molecule is CCCCCCC(=O)OCCCCCCCCCCCCC(C)C. The largest absolute Gasteiger partial charge is 0.466 e. The summed E-state index contributed by atoms with van der Waals surface area (Å²) in [6.45, 7) is 7.44. The third-order valence-corrected chi connectivity index (χ3v) is 4.67. The lowest BCUT2D eigenvalue weighted by atomic mass is 10.0. The second-order valence-electron chi connectivity index (χ2n) is 7.75. The summed E-state index contributed by atoms with van der Waals surface area (Å²) in [7, 11) is 0. The zero-order valence-electron chi connectivity index (χ0n) is 16.9. The molecule has 0 aliphatic carbocycles. The highest BCUT2D eigenvalue weighted by molar-refractivity contribution is 5.69. The number of carbonyl (C=O) groups excluding carboxylic acids is 1. The monoisotopic (exact) mass is 340 g/mol. The van der Waals surface area contributed by atoms with E-state index in [1.807, 2.05) is 0 Å². The van der Waals surface area contributed by atoms with Gasteiger partial charge in [0, 0.05) is 6.42 Å². The summed E-state index contributed by atoms with van der Waals surface area (Å²) in [5.74, 6) is 0.869. The molecule has 0 saturated carbocycles. The Balaban J connectivity index is 3.10. The Labute approximate surface area is 152 Å². The van der Waals surface area contributed by atoms with Crippen LogP contribution in [-0.2, 0) is 9.53 Å². The summed E-state index contributed by atoms with van der Waals surface area (Å²) in [5.41, 5.74) is 0. The first-order chi connectivity index (χ1) is 11.7. The smallest absolute Gasteiger partial charge is 0.305 e. The van der Waals surface area contributed by atoms with Gasteiger partial charge in [-0.3, -0.25) is 4.79 Å². The lowest BCUT2D eigenvalue weighted by Gasteiger charge is -2.06. The fourth-order valence-electron chi connectivity index (χ4n) is 3.02. The summed E-state index contributed by atoms with van der Waals surface area (Å²) in [4.78, 5) is 11.5. The van der Waals surface area contributed by atoms with E-state index in [9.17, 15) is 4.79 Å². The lowest BCUT2D eigenvalue weighted by molar-refractivity contribution is -0.143. The molecule has 0 atom stereocenters. The quantitative estimate of drug-likeness (QED) is 0.191. The Morgan fingerprint density at radius 1 is 0.708 bits per heavy atom. The number of esters is 1. The van der Waals surface area contributed by atoms with E-state index >= 15 is 0 Å². The lowest BCUT2D eigenvalue weighted by Crippen LogP contribution is -2.05. The molecule has 144 valence electrons. The van der Waals surface area contributed by atoms with Gasteiger partial charge in [0.05, 0.1) is 6.61 Å². The average Bonchev–Trinajstić information content (AvgIpc) is 2.55. The van der Waals surface area contributed by atoms with Crippen molar-refractivity contribution in [1.29, 1.82) is 0 Å². The van der Waals surface area contributed by atoms with Gasteiger partial charge in [-0.2, -0.15) is 0 Å². The van der Waals surface area contributed by atoms with Gasteiger partial charge < -0.3 is 4.74 Å². The summed E-state index contributed by atoms with van der Waals surface area (Å²) in [6, 6.07) is 0. The van der Waals surface area contributed by atoms with Crippen molar-refractivity contribution in [2.45, 2.75) is 124 Å². The van der Waals surface area contributed by atoms with Crippen molar-refractivity contribution in [3.63, 3.8) is 0 Å². The number of carbonyl (C=O) groups is 1. The van der Waals surface area contributed by atoms with Crippen LogP contribution >= 0.6 is 0 Å². The minimum Gasteiger partial charge on any atom is -0.466 e. The third kappa shape index (κ3) is 19.5. The Bertz CT molecular complexity index is 261. The molecule has 24 heavy (non-hydrogen) atoms. The van der Waals surface area contributed by atoms with Crippen molar-refractivity contribution in [3.8, 4) is 0 Å². The molecular weight excluding hydrogens is 296 g/mol. The maximum atomic E-state index is 11.5. The molecule has 2 heteroatoms. The van der Waals surface area contributed by atoms with Gasteiger partial charge >= 0.3 is 5.97 Å². The van der Waals surface area contributed by atoms with E-state index in [0.29, 0.717) is 13.0 Å². The number of hydrogen-bond donors (Lipinski definition) is 0. The number of rotatable bonds is 18. The maximum Gasteiger partial charge on any atom is 0.305 e. The van der Waals surface area contributed by atoms with Gasteiger partial charge in [-0.05, 0) is 18.8 Å². The van der Waals surface area contributed by atoms with Crippen LogP contribution in [0.2, 0.25) is 0 Å². The first-order valence-corrected chi connectivity index (χ1v) is 10.8. The molecule has 0 unspecified atom stereocenters. The number of ether oxygens (including phenoxy) is 1. The first kappa shape index (κ1) is 23.5. The Morgan fingerprint density at radius 2 is 1.21 bits per heavy atom. The summed E-state index contributed by atoms with van der Waals surface area (Å²) >= 11 is 0. The zero-order chi connectivity index (χ0) is 17.9.